The molecule has 2 N–H and O–H groups in total. The summed E-state index contributed by atoms with van der Waals surface area (Å²) in [5.74, 6) is 0. The Morgan fingerprint density at radius 1 is 1.37 bits per heavy atom. The maximum absolute atomic E-state index is 12.9. The number of anilines is 1. The monoisotopic (exact) mass is 282 g/mol. The third kappa shape index (κ3) is 2.37. The molecule has 4 nitrogen and oxygen atoms in total. The summed E-state index contributed by atoms with van der Waals surface area (Å²) in [6.07, 6.45) is 2.76. The normalized spacial score (nSPS) is 20.9. The van der Waals surface area contributed by atoms with Crippen LogP contribution in [0.3, 0.4) is 0 Å². The standard InChI is InChI=1S/C14H22N2O2S/c1-4-12-6-5-9-16(12)19(17,18)14-10(2)7-8-13(15)11(14)3/h7-8,12H,4-6,9,15H2,1-3H3. The van der Waals surface area contributed by atoms with Crippen molar-refractivity contribution in [3.63, 3.8) is 0 Å². The van der Waals surface area contributed by atoms with Gasteiger partial charge in [-0.05, 0) is 50.3 Å². The second kappa shape index (κ2) is 5.13. The molecule has 0 amide bonds. The molecule has 1 aromatic carbocycles. The third-order valence-electron chi connectivity index (χ3n) is 4.01. The smallest absolute Gasteiger partial charge is 0.243 e. The zero-order chi connectivity index (χ0) is 14.2. The van der Waals surface area contributed by atoms with Crippen LogP contribution in [0.2, 0.25) is 0 Å². The highest BCUT2D eigenvalue weighted by molar-refractivity contribution is 7.89. The second-order valence-corrected chi connectivity index (χ2v) is 7.07. The summed E-state index contributed by atoms with van der Waals surface area (Å²) in [5, 5.41) is 0. The van der Waals surface area contributed by atoms with Crippen molar-refractivity contribution >= 4 is 15.7 Å². The van der Waals surface area contributed by atoms with E-state index in [1.807, 2.05) is 13.8 Å². The van der Waals surface area contributed by atoms with Gasteiger partial charge in [0, 0.05) is 18.3 Å². The lowest BCUT2D eigenvalue weighted by Crippen LogP contribution is -2.36. The zero-order valence-electron chi connectivity index (χ0n) is 11.8. The number of hydrogen-bond donors (Lipinski definition) is 1. The summed E-state index contributed by atoms with van der Waals surface area (Å²) in [6, 6.07) is 3.68. The first kappa shape index (κ1) is 14.3. The topological polar surface area (TPSA) is 63.4 Å². The minimum Gasteiger partial charge on any atom is -0.398 e. The molecule has 1 aliphatic rings. The van der Waals surface area contributed by atoms with Crippen LogP contribution >= 0.6 is 0 Å². The number of sulfonamides is 1. The highest BCUT2D eigenvalue weighted by atomic mass is 32.2. The van der Waals surface area contributed by atoms with Gasteiger partial charge >= 0.3 is 0 Å². The van der Waals surface area contributed by atoms with E-state index < -0.39 is 10.0 Å². The predicted molar refractivity (Wildman–Crippen MR) is 77.5 cm³/mol. The lowest BCUT2D eigenvalue weighted by atomic mass is 10.1. The highest BCUT2D eigenvalue weighted by Gasteiger charge is 2.36. The van der Waals surface area contributed by atoms with E-state index in [0.29, 0.717) is 22.7 Å². The second-order valence-electron chi connectivity index (χ2n) is 5.25. The van der Waals surface area contributed by atoms with Crippen LogP contribution in [0.1, 0.15) is 37.3 Å². The molecule has 1 aliphatic heterocycles. The first-order valence-corrected chi connectivity index (χ1v) is 8.21. The van der Waals surface area contributed by atoms with Crippen LogP contribution < -0.4 is 5.73 Å². The summed E-state index contributed by atoms with van der Waals surface area (Å²) < 4.78 is 27.4. The maximum Gasteiger partial charge on any atom is 0.243 e. The SMILES string of the molecule is CCC1CCCN1S(=O)(=O)c1c(C)ccc(N)c1C. The fourth-order valence-corrected chi connectivity index (χ4v) is 5.12. The Bertz CT molecular complexity index is 581. The summed E-state index contributed by atoms with van der Waals surface area (Å²) in [7, 11) is -3.43. The van der Waals surface area contributed by atoms with Crippen LogP contribution in [0.25, 0.3) is 0 Å². The van der Waals surface area contributed by atoms with E-state index in [1.165, 1.54) is 0 Å². The van der Waals surface area contributed by atoms with Crippen molar-refractivity contribution in [3.8, 4) is 0 Å². The van der Waals surface area contributed by atoms with Gasteiger partial charge < -0.3 is 5.73 Å². The molecule has 0 saturated carbocycles. The van der Waals surface area contributed by atoms with Gasteiger partial charge in [0.05, 0.1) is 4.90 Å². The van der Waals surface area contributed by atoms with Crippen LogP contribution in [0, 0.1) is 13.8 Å². The molecular weight excluding hydrogens is 260 g/mol. The van der Waals surface area contributed by atoms with Gasteiger partial charge in [-0.25, -0.2) is 8.42 Å². The number of hydrogen-bond acceptors (Lipinski definition) is 3. The van der Waals surface area contributed by atoms with Gasteiger partial charge in [-0.15, -0.1) is 0 Å². The van der Waals surface area contributed by atoms with E-state index in [-0.39, 0.29) is 6.04 Å². The first-order chi connectivity index (χ1) is 8.89. The molecule has 0 radical (unpaired) electrons. The predicted octanol–water partition coefficient (Wildman–Crippen LogP) is 2.45. The Balaban J connectivity index is 2.54. The number of nitrogen functional groups attached to an aromatic ring is 1. The van der Waals surface area contributed by atoms with Crippen molar-refractivity contribution in [1.29, 1.82) is 0 Å². The van der Waals surface area contributed by atoms with Gasteiger partial charge in [-0.3, -0.25) is 0 Å². The summed E-state index contributed by atoms with van der Waals surface area (Å²) >= 11 is 0. The molecule has 1 fully saturated rings. The Morgan fingerprint density at radius 3 is 2.68 bits per heavy atom. The summed E-state index contributed by atoms with van der Waals surface area (Å²) in [5.41, 5.74) is 7.85. The van der Waals surface area contributed by atoms with Gasteiger partial charge in [0.1, 0.15) is 0 Å². The molecule has 0 aromatic heterocycles. The molecule has 2 rings (SSSR count). The average Bonchev–Trinajstić information content (AvgIpc) is 2.83. The molecule has 5 heteroatoms. The Hall–Kier alpha value is -1.07. The van der Waals surface area contributed by atoms with Crippen molar-refractivity contribution in [2.24, 2.45) is 0 Å². The fourth-order valence-electron chi connectivity index (χ4n) is 2.89. The molecule has 1 aromatic rings. The Labute approximate surface area is 115 Å². The Morgan fingerprint density at radius 2 is 2.05 bits per heavy atom. The van der Waals surface area contributed by atoms with E-state index in [0.717, 1.165) is 24.8 Å². The molecule has 0 spiro atoms. The largest absolute Gasteiger partial charge is 0.398 e. The molecule has 19 heavy (non-hydrogen) atoms. The van der Waals surface area contributed by atoms with Crippen LogP contribution in [-0.4, -0.2) is 25.3 Å². The summed E-state index contributed by atoms with van der Waals surface area (Å²) in [6.45, 7) is 6.27. The van der Waals surface area contributed by atoms with E-state index in [4.69, 9.17) is 5.73 Å². The van der Waals surface area contributed by atoms with Crippen LogP contribution in [0.5, 0.6) is 0 Å². The number of nitrogens with zero attached hydrogens (tertiary/aromatic N) is 1. The molecule has 1 unspecified atom stereocenters. The zero-order valence-corrected chi connectivity index (χ0v) is 12.6. The lowest BCUT2D eigenvalue weighted by Gasteiger charge is -2.25. The van der Waals surface area contributed by atoms with Crippen molar-refractivity contribution in [3.05, 3.63) is 23.3 Å². The van der Waals surface area contributed by atoms with E-state index in [1.54, 1.807) is 23.4 Å². The van der Waals surface area contributed by atoms with Crippen LogP contribution in [-0.2, 0) is 10.0 Å². The molecule has 1 atom stereocenters. The molecule has 0 aliphatic carbocycles. The van der Waals surface area contributed by atoms with Crippen LogP contribution in [0.4, 0.5) is 5.69 Å². The number of benzene rings is 1. The van der Waals surface area contributed by atoms with E-state index in [9.17, 15) is 8.42 Å². The lowest BCUT2D eigenvalue weighted by molar-refractivity contribution is 0.379. The number of aryl methyl sites for hydroxylation is 1. The average molecular weight is 282 g/mol. The van der Waals surface area contributed by atoms with Gasteiger partial charge in [-0.1, -0.05) is 13.0 Å². The van der Waals surface area contributed by atoms with Gasteiger partial charge in [-0.2, -0.15) is 4.31 Å². The first-order valence-electron chi connectivity index (χ1n) is 6.77. The van der Waals surface area contributed by atoms with Gasteiger partial charge in [0.15, 0.2) is 0 Å². The van der Waals surface area contributed by atoms with Gasteiger partial charge in [0.2, 0.25) is 10.0 Å². The maximum atomic E-state index is 12.9. The molecular formula is C14H22N2O2S. The van der Waals surface area contributed by atoms with Crippen LogP contribution in [0.15, 0.2) is 17.0 Å². The third-order valence-corrected chi connectivity index (χ3v) is 6.25. The minimum atomic E-state index is -3.43. The van der Waals surface area contributed by atoms with E-state index >= 15 is 0 Å². The quantitative estimate of drug-likeness (QED) is 0.866. The van der Waals surface area contributed by atoms with Crippen molar-refractivity contribution in [2.45, 2.75) is 51.0 Å². The molecule has 106 valence electrons. The Kier molecular flexibility index (Phi) is 3.87. The van der Waals surface area contributed by atoms with Crippen molar-refractivity contribution in [1.82, 2.24) is 4.31 Å². The molecule has 0 bridgehead atoms. The van der Waals surface area contributed by atoms with E-state index in [2.05, 4.69) is 0 Å². The van der Waals surface area contributed by atoms with Crippen molar-refractivity contribution < 1.29 is 8.42 Å². The minimum absolute atomic E-state index is 0.130. The molecule has 1 saturated heterocycles. The molecule has 1 heterocycles. The fraction of sp³-hybridized carbons (Fsp3) is 0.571. The summed E-state index contributed by atoms with van der Waals surface area (Å²) in [4.78, 5) is 0.396. The van der Waals surface area contributed by atoms with Crippen molar-refractivity contribution in [2.75, 3.05) is 12.3 Å². The highest BCUT2D eigenvalue weighted by Crippen LogP contribution is 2.32. The number of rotatable bonds is 3. The number of nitrogens with two attached hydrogens (primary N) is 1. The van der Waals surface area contributed by atoms with Gasteiger partial charge in [0.25, 0.3) is 0 Å².